The standard InChI is InChI=1S/C7H6F3N3O/c8-7(9,10)6-3-4(12-13-6)5(14)1-2-11/h3,5,14H,1H2,(H,12,13). The lowest BCUT2D eigenvalue weighted by molar-refractivity contribution is -0.141. The average Bonchev–Trinajstić information content (AvgIpc) is 2.51. The van der Waals surface area contributed by atoms with E-state index in [0.29, 0.717) is 6.07 Å². The minimum atomic E-state index is -4.54. The molecule has 0 amide bonds. The van der Waals surface area contributed by atoms with Crippen molar-refractivity contribution in [1.29, 1.82) is 5.26 Å². The predicted octanol–water partition coefficient (Wildman–Crippen LogP) is 1.38. The lowest BCUT2D eigenvalue weighted by atomic mass is 10.2. The van der Waals surface area contributed by atoms with Gasteiger partial charge >= 0.3 is 6.18 Å². The highest BCUT2D eigenvalue weighted by Crippen LogP contribution is 2.29. The first-order chi connectivity index (χ1) is 6.45. The fraction of sp³-hybridized carbons (Fsp3) is 0.429. The van der Waals surface area contributed by atoms with Crippen molar-refractivity contribution in [2.75, 3.05) is 0 Å². The Kier molecular flexibility index (Phi) is 2.76. The van der Waals surface area contributed by atoms with Crippen molar-refractivity contribution in [3.63, 3.8) is 0 Å². The zero-order valence-electron chi connectivity index (χ0n) is 6.84. The normalized spacial score (nSPS) is 13.6. The summed E-state index contributed by atoms with van der Waals surface area (Å²) >= 11 is 0. The second kappa shape index (κ2) is 3.67. The maximum atomic E-state index is 12.0. The van der Waals surface area contributed by atoms with Crippen LogP contribution < -0.4 is 0 Å². The predicted molar refractivity (Wildman–Crippen MR) is 38.8 cm³/mol. The van der Waals surface area contributed by atoms with Gasteiger partial charge in [0.1, 0.15) is 6.10 Å². The van der Waals surface area contributed by atoms with Gasteiger partial charge in [-0.2, -0.15) is 23.5 Å². The maximum Gasteiger partial charge on any atom is 0.435 e. The molecular formula is C7H6F3N3O. The Morgan fingerprint density at radius 3 is 2.71 bits per heavy atom. The molecule has 0 aliphatic heterocycles. The van der Waals surface area contributed by atoms with Crippen LogP contribution in [0.4, 0.5) is 13.2 Å². The molecule has 0 aliphatic rings. The van der Waals surface area contributed by atoms with Gasteiger partial charge in [-0.15, -0.1) is 0 Å². The Morgan fingerprint density at radius 1 is 1.64 bits per heavy atom. The van der Waals surface area contributed by atoms with Gasteiger partial charge in [0, 0.05) is 0 Å². The van der Waals surface area contributed by atoms with Gasteiger partial charge in [0.2, 0.25) is 0 Å². The van der Waals surface area contributed by atoms with E-state index >= 15 is 0 Å². The molecule has 76 valence electrons. The number of hydrogen-bond donors (Lipinski definition) is 2. The van der Waals surface area contributed by atoms with Crippen molar-refractivity contribution in [2.24, 2.45) is 0 Å². The number of aromatic amines is 1. The molecule has 1 heterocycles. The van der Waals surface area contributed by atoms with Crippen LogP contribution in [0.2, 0.25) is 0 Å². The van der Waals surface area contributed by atoms with E-state index in [0.717, 1.165) is 0 Å². The number of H-pyrrole nitrogens is 1. The Hall–Kier alpha value is -1.55. The van der Waals surface area contributed by atoms with E-state index in [2.05, 4.69) is 5.10 Å². The monoisotopic (exact) mass is 205 g/mol. The maximum absolute atomic E-state index is 12.0. The molecule has 1 aromatic heterocycles. The van der Waals surface area contributed by atoms with Crippen molar-refractivity contribution >= 4 is 0 Å². The lowest BCUT2D eigenvalue weighted by Gasteiger charge is -2.01. The van der Waals surface area contributed by atoms with Crippen LogP contribution in [0, 0.1) is 11.3 Å². The molecule has 1 rings (SSSR count). The van der Waals surface area contributed by atoms with Crippen molar-refractivity contribution in [1.82, 2.24) is 10.2 Å². The SMILES string of the molecule is N#CCC(O)c1cc(C(F)(F)F)n[nH]1. The number of hydrogen-bond acceptors (Lipinski definition) is 3. The van der Waals surface area contributed by atoms with Gasteiger partial charge in [-0.1, -0.05) is 0 Å². The van der Waals surface area contributed by atoms with E-state index in [-0.39, 0.29) is 12.1 Å². The zero-order chi connectivity index (χ0) is 10.8. The van der Waals surface area contributed by atoms with Gasteiger partial charge in [0.15, 0.2) is 5.69 Å². The van der Waals surface area contributed by atoms with Gasteiger partial charge in [0.05, 0.1) is 18.2 Å². The largest absolute Gasteiger partial charge is 0.435 e. The van der Waals surface area contributed by atoms with Crippen LogP contribution in [-0.2, 0) is 6.18 Å². The van der Waals surface area contributed by atoms with E-state index in [4.69, 9.17) is 10.4 Å². The molecule has 1 unspecified atom stereocenters. The van der Waals surface area contributed by atoms with Crippen LogP contribution in [0.3, 0.4) is 0 Å². The Bertz CT molecular complexity index is 352. The van der Waals surface area contributed by atoms with Gasteiger partial charge in [-0.3, -0.25) is 5.10 Å². The molecule has 0 saturated carbocycles. The molecule has 0 saturated heterocycles. The molecule has 0 radical (unpaired) electrons. The number of aliphatic hydroxyl groups is 1. The number of rotatable bonds is 2. The van der Waals surface area contributed by atoms with E-state index in [1.165, 1.54) is 0 Å². The van der Waals surface area contributed by atoms with Gasteiger partial charge in [-0.25, -0.2) is 0 Å². The smallest absolute Gasteiger partial charge is 0.386 e. The fourth-order valence-electron chi connectivity index (χ4n) is 0.849. The van der Waals surface area contributed by atoms with Crippen LogP contribution in [0.15, 0.2) is 6.07 Å². The fourth-order valence-corrected chi connectivity index (χ4v) is 0.849. The molecule has 14 heavy (non-hydrogen) atoms. The molecule has 0 fully saturated rings. The van der Waals surface area contributed by atoms with Crippen LogP contribution in [-0.4, -0.2) is 15.3 Å². The quantitative estimate of drug-likeness (QED) is 0.765. The molecule has 0 aliphatic carbocycles. The highest BCUT2D eigenvalue weighted by molar-refractivity contribution is 5.14. The highest BCUT2D eigenvalue weighted by atomic mass is 19.4. The van der Waals surface area contributed by atoms with Crippen LogP contribution >= 0.6 is 0 Å². The third kappa shape index (κ3) is 2.23. The minimum Gasteiger partial charge on any atom is -0.386 e. The first-order valence-electron chi connectivity index (χ1n) is 3.62. The third-order valence-electron chi connectivity index (χ3n) is 1.53. The van der Waals surface area contributed by atoms with Crippen LogP contribution in [0.25, 0.3) is 0 Å². The number of nitriles is 1. The number of aliphatic hydroxyl groups excluding tert-OH is 1. The van der Waals surface area contributed by atoms with Crippen molar-refractivity contribution in [2.45, 2.75) is 18.7 Å². The minimum absolute atomic E-state index is 0.112. The molecular weight excluding hydrogens is 199 g/mol. The average molecular weight is 205 g/mol. The summed E-state index contributed by atoms with van der Waals surface area (Å²) in [6, 6.07) is 2.32. The summed E-state index contributed by atoms with van der Waals surface area (Å²) in [5.74, 6) is 0. The summed E-state index contributed by atoms with van der Waals surface area (Å²) < 4.78 is 36.1. The molecule has 1 atom stereocenters. The summed E-state index contributed by atoms with van der Waals surface area (Å²) in [6.07, 6.45) is -6.08. The van der Waals surface area contributed by atoms with Crippen molar-refractivity contribution in [3.8, 4) is 6.07 Å². The summed E-state index contributed by atoms with van der Waals surface area (Å²) in [5, 5.41) is 22.3. The van der Waals surface area contributed by atoms with Gasteiger partial charge in [-0.05, 0) is 6.07 Å². The summed E-state index contributed by atoms with van der Waals surface area (Å²) in [5.41, 5.74) is -1.22. The van der Waals surface area contributed by atoms with Crippen molar-refractivity contribution < 1.29 is 18.3 Å². The number of nitrogens with one attached hydrogen (secondary N) is 1. The van der Waals surface area contributed by atoms with Crippen molar-refractivity contribution in [3.05, 3.63) is 17.5 Å². The first kappa shape index (κ1) is 10.5. The van der Waals surface area contributed by atoms with E-state index in [1.54, 1.807) is 6.07 Å². The topological polar surface area (TPSA) is 72.7 Å². The first-order valence-corrected chi connectivity index (χ1v) is 3.62. The molecule has 0 spiro atoms. The summed E-state index contributed by atoms with van der Waals surface area (Å²) in [6.45, 7) is 0. The van der Waals surface area contributed by atoms with Gasteiger partial charge in [0.25, 0.3) is 0 Å². The zero-order valence-corrected chi connectivity index (χ0v) is 6.84. The molecule has 4 nitrogen and oxygen atoms in total. The Balaban J connectivity index is 2.84. The Labute approximate surface area is 77.0 Å². The number of alkyl halides is 3. The molecule has 0 bridgehead atoms. The molecule has 1 aromatic rings. The summed E-state index contributed by atoms with van der Waals surface area (Å²) in [4.78, 5) is 0. The van der Waals surface area contributed by atoms with Crippen LogP contribution in [0.1, 0.15) is 23.9 Å². The summed E-state index contributed by atoms with van der Waals surface area (Å²) in [7, 11) is 0. The lowest BCUT2D eigenvalue weighted by Crippen LogP contribution is -2.04. The number of nitrogens with zero attached hydrogens (tertiary/aromatic N) is 2. The third-order valence-corrected chi connectivity index (χ3v) is 1.53. The second-order valence-electron chi connectivity index (χ2n) is 2.58. The van der Waals surface area contributed by atoms with E-state index in [9.17, 15) is 13.2 Å². The second-order valence-corrected chi connectivity index (χ2v) is 2.58. The molecule has 7 heteroatoms. The molecule has 2 N–H and O–H groups in total. The number of halogens is 3. The number of aromatic nitrogens is 2. The van der Waals surface area contributed by atoms with E-state index in [1.807, 2.05) is 5.10 Å². The Morgan fingerprint density at radius 2 is 2.29 bits per heavy atom. The highest BCUT2D eigenvalue weighted by Gasteiger charge is 2.34. The molecule has 0 aromatic carbocycles. The van der Waals surface area contributed by atoms with E-state index < -0.39 is 18.0 Å². The van der Waals surface area contributed by atoms with Gasteiger partial charge < -0.3 is 5.11 Å². The van der Waals surface area contributed by atoms with Crippen LogP contribution in [0.5, 0.6) is 0 Å².